The number of hydrogen-bond donors (Lipinski definition) is 1. The van der Waals surface area contributed by atoms with Crippen molar-refractivity contribution in [1.82, 2.24) is 20.1 Å². The molecule has 10 nitrogen and oxygen atoms in total. The van der Waals surface area contributed by atoms with Crippen LogP contribution in [-0.2, 0) is 16.1 Å². The number of hydrogen-bond acceptors (Lipinski definition) is 7. The number of amides is 2. The van der Waals surface area contributed by atoms with Crippen molar-refractivity contribution >= 4 is 23.2 Å². The van der Waals surface area contributed by atoms with E-state index in [1.165, 1.54) is 28.0 Å². The number of rotatable bonds is 5. The van der Waals surface area contributed by atoms with Gasteiger partial charge in [-0.05, 0) is 61.6 Å². The number of carbonyl (C=O) groups excluding carboxylic acids is 2. The molecule has 39 heavy (non-hydrogen) atoms. The molecule has 5 rings (SSSR count). The standard InChI is InChI=1S/C28H33FN6O4/c1-33-24-16-22(34-12-2-4-14-38-15-5-3-13-34)10-11-25(24)39-18-23(28(33)37)31-27(36)26-30-19-35(32-26)17-20-6-8-21(29)9-7-20/h6-11,16,19,23H,2-5,12-15,17-18H2,1H3,(H,31,36)/t23-/m0/s1. The van der Waals surface area contributed by atoms with E-state index in [-0.39, 0.29) is 24.2 Å². The van der Waals surface area contributed by atoms with Gasteiger partial charge in [-0.1, -0.05) is 12.1 Å². The summed E-state index contributed by atoms with van der Waals surface area (Å²) in [6.07, 6.45) is 5.52. The lowest BCUT2D eigenvalue weighted by Gasteiger charge is -2.28. The van der Waals surface area contributed by atoms with E-state index in [0.717, 1.165) is 63.2 Å². The van der Waals surface area contributed by atoms with Crippen molar-refractivity contribution in [3.05, 3.63) is 66.0 Å². The molecule has 0 spiro atoms. The van der Waals surface area contributed by atoms with Crippen LogP contribution in [0.2, 0.25) is 0 Å². The summed E-state index contributed by atoms with van der Waals surface area (Å²) in [6.45, 7) is 3.74. The second kappa shape index (κ2) is 12.2. The van der Waals surface area contributed by atoms with Crippen molar-refractivity contribution in [2.24, 2.45) is 0 Å². The average Bonchev–Trinajstić information content (AvgIpc) is 3.39. The molecule has 0 saturated carbocycles. The number of ether oxygens (including phenoxy) is 2. The highest BCUT2D eigenvalue weighted by molar-refractivity contribution is 6.02. The van der Waals surface area contributed by atoms with Crippen molar-refractivity contribution < 1.29 is 23.5 Å². The van der Waals surface area contributed by atoms with Gasteiger partial charge in [0.1, 0.15) is 30.5 Å². The van der Waals surface area contributed by atoms with Gasteiger partial charge in [-0.25, -0.2) is 14.1 Å². The van der Waals surface area contributed by atoms with E-state index < -0.39 is 11.9 Å². The van der Waals surface area contributed by atoms with Crippen LogP contribution in [-0.4, -0.2) is 72.6 Å². The summed E-state index contributed by atoms with van der Waals surface area (Å²) in [6, 6.07) is 11.0. The van der Waals surface area contributed by atoms with Crippen LogP contribution in [0, 0.1) is 5.82 Å². The molecular formula is C28H33FN6O4. The summed E-state index contributed by atoms with van der Waals surface area (Å²) in [4.78, 5) is 34.2. The molecule has 2 aromatic carbocycles. The lowest BCUT2D eigenvalue weighted by atomic mass is 10.1. The van der Waals surface area contributed by atoms with E-state index in [9.17, 15) is 14.0 Å². The zero-order chi connectivity index (χ0) is 27.2. The number of aromatic nitrogens is 3. The fourth-order valence-corrected chi connectivity index (χ4v) is 4.75. The van der Waals surface area contributed by atoms with Crippen molar-refractivity contribution in [3.63, 3.8) is 0 Å². The van der Waals surface area contributed by atoms with Gasteiger partial charge in [0.25, 0.3) is 11.8 Å². The minimum absolute atomic E-state index is 0.0126. The van der Waals surface area contributed by atoms with Crippen molar-refractivity contribution in [2.75, 3.05) is 49.8 Å². The Labute approximate surface area is 226 Å². The predicted molar refractivity (Wildman–Crippen MR) is 144 cm³/mol. The van der Waals surface area contributed by atoms with Crippen molar-refractivity contribution in [1.29, 1.82) is 0 Å². The molecular weight excluding hydrogens is 503 g/mol. The molecule has 0 radical (unpaired) electrons. The van der Waals surface area contributed by atoms with Gasteiger partial charge in [-0.2, -0.15) is 0 Å². The van der Waals surface area contributed by atoms with Crippen LogP contribution >= 0.6 is 0 Å². The maximum absolute atomic E-state index is 13.3. The second-order valence-corrected chi connectivity index (χ2v) is 9.79. The highest BCUT2D eigenvalue weighted by atomic mass is 19.1. The van der Waals surface area contributed by atoms with Gasteiger partial charge in [0.2, 0.25) is 5.82 Å². The van der Waals surface area contributed by atoms with E-state index in [1.807, 2.05) is 18.2 Å². The van der Waals surface area contributed by atoms with Gasteiger partial charge < -0.3 is 24.6 Å². The number of halogens is 1. The van der Waals surface area contributed by atoms with Gasteiger partial charge in [0.15, 0.2) is 0 Å². The monoisotopic (exact) mass is 536 g/mol. The highest BCUT2D eigenvalue weighted by Crippen LogP contribution is 2.35. The molecule has 1 atom stereocenters. The van der Waals surface area contributed by atoms with Crippen LogP contribution < -0.4 is 19.9 Å². The molecule has 1 N–H and O–H groups in total. The molecule has 0 bridgehead atoms. The molecule has 1 aromatic heterocycles. The lowest BCUT2D eigenvalue weighted by Crippen LogP contribution is -2.49. The Morgan fingerprint density at radius 3 is 2.56 bits per heavy atom. The van der Waals surface area contributed by atoms with Crippen LogP contribution in [0.25, 0.3) is 0 Å². The van der Waals surface area contributed by atoms with Gasteiger partial charge in [0.05, 0.1) is 12.2 Å². The highest BCUT2D eigenvalue weighted by Gasteiger charge is 2.32. The first-order chi connectivity index (χ1) is 19.0. The summed E-state index contributed by atoms with van der Waals surface area (Å²) in [7, 11) is 1.69. The van der Waals surface area contributed by atoms with Crippen LogP contribution in [0.1, 0.15) is 41.9 Å². The van der Waals surface area contributed by atoms with Crippen molar-refractivity contribution in [3.8, 4) is 5.75 Å². The summed E-state index contributed by atoms with van der Waals surface area (Å²) >= 11 is 0. The molecule has 2 aliphatic heterocycles. The van der Waals surface area contributed by atoms with Crippen molar-refractivity contribution in [2.45, 2.75) is 38.3 Å². The van der Waals surface area contributed by atoms with Gasteiger partial charge >= 0.3 is 0 Å². The van der Waals surface area contributed by atoms with E-state index in [2.05, 4.69) is 20.3 Å². The zero-order valence-corrected chi connectivity index (χ0v) is 22.0. The first-order valence-electron chi connectivity index (χ1n) is 13.3. The molecule has 2 amide bonds. The Hall–Kier alpha value is -3.99. The summed E-state index contributed by atoms with van der Waals surface area (Å²) in [5, 5.41) is 6.93. The largest absolute Gasteiger partial charge is 0.489 e. The summed E-state index contributed by atoms with van der Waals surface area (Å²) in [5.74, 6) is -0.669. The lowest BCUT2D eigenvalue weighted by molar-refractivity contribution is -0.120. The molecule has 0 unspecified atom stereocenters. The SMILES string of the molecule is CN1C(=O)[C@@H](NC(=O)c2ncn(Cc3ccc(F)cc3)n2)COc2ccc(N3CCCCOCCCC3)cc21. The normalized spacial score (nSPS) is 18.6. The quantitative estimate of drug-likeness (QED) is 0.535. The molecule has 206 valence electrons. The maximum atomic E-state index is 13.3. The van der Waals surface area contributed by atoms with Gasteiger partial charge in [-0.15, -0.1) is 5.10 Å². The third-order valence-electron chi connectivity index (χ3n) is 6.94. The maximum Gasteiger partial charge on any atom is 0.291 e. The van der Waals surface area contributed by atoms with E-state index in [0.29, 0.717) is 18.0 Å². The fourth-order valence-electron chi connectivity index (χ4n) is 4.75. The Morgan fingerprint density at radius 2 is 1.82 bits per heavy atom. The number of nitrogens with one attached hydrogen (secondary N) is 1. The Bertz CT molecular complexity index is 1290. The number of carbonyl (C=O) groups is 2. The number of fused-ring (bicyclic) bond motifs is 1. The van der Waals surface area contributed by atoms with Crippen LogP contribution in [0.5, 0.6) is 5.75 Å². The molecule has 0 aliphatic carbocycles. The third-order valence-corrected chi connectivity index (χ3v) is 6.94. The molecule has 1 saturated heterocycles. The molecule has 1 fully saturated rings. The fraction of sp³-hybridized carbons (Fsp3) is 0.429. The predicted octanol–water partition coefficient (Wildman–Crippen LogP) is 3.02. The van der Waals surface area contributed by atoms with Gasteiger partial charge in [-0.3, -0.25) is 9.59 Å². The number of likely N-dealkylation sites (N-methyl/N-ethyl adjacent to an activating group) is 1. The number of anilines is 2. The molecule has 2 aliphatic rings. The minimum Gasteiger partial charge on any atom is -0.489 e. The average molecular weight is 537 g/mol. The topological polar surface area (TPSA) is 102 Å². The van der Waals surface area contributed by atoms with Crippen LogP contribution in [0.3, 0.4) is 0 Å². The summed E-state index contributed by atoms with van der Waals surface area (Å²) in [5.41, 5.74) is 2.52. The minimum atomic E-state index is -0.906. The number of nitrogens with zero attached hydrogens (tertiary/aromatic N) is 5. The zero-order valence-electron chi connectivity index (χ0n) is 22.0. The van der Waals surface area contributed by atoms with Crippen LogP contribution in [0.15, 0.2) is 48.8 Å². The smallest absolute Gasteiger partial charge is 0.291 e. The van der Waals surface area contributed by atoms with Crippen LogP contribution in [0.4, 0.5) is 15.8 Å². The Kier molecular flexibility index (Phi) is 8.36. The Balaban J connectivity index is 1.24. The molecule has 3 heterocycles. The second-order valence-electron chi connectivity index (χ2n) is 9.79. The Morgan fingerprint density at radius 1 is 1.08 bits per heavy atom. The third kappa shape index (κ3) is 6.54. The molecule has 11 heteroatoms. The molecule has 3 aromatic rings. The van der Waals surface area contributed by atoms with Gasteiger partial charge in [0, 0.05) is 39.0 Å². The first kappa shape index (κ1) is 26.6. The van der Waals surface area contributed by atoms with E-state index in [4.69, 9.17) is 9.47 Å². The first-order valence-corrected chi connectivity index (χ1v) is 13.3. The summed E-state index contributed by atoms with van der Waals surface area (Å²) < 4.78 is 26.2. The van der Waals surface area contributed by atoms with E-state index >= 15 is 0 Å². The number of benzene rings is 2. The van der Waals surface area contributed by atoms with E-state index in [1.54, 1.807) is 19.2 Å².